The zero-order valence-corrected chi connectivity index (χ0v) is 32.1. The average Bonchev–Trinajstić information content (AvgIpc) is 3.57. The lowest BCUT2D eigenvalue weighted by atomic mass is 10.1. The molecule has 5 atom stereocenters. The van der Waals surface area contributed by atoms with Crippen molar-refractivity contribution in [3.63, 3.8) is 0 Å². The van der Waals surface area contributed by atoms with Crippen molar-refractivity contribution in [2.75, 3.05) is 19.0 Å². The number of anilines is 1. The predicted octanol–water partition coefficient (Wildman–Crippen LogP) is 5.13. The molecule has 55 heavy (non-hydrogen) atoms. The third-order valence-corrected chi connectivity index (χ3v) is 11.2. The Balaban J connectivity index is 1.33. The van der Waals surface area contributed by atoms with Crippen LogP contribution in [-0.4, -0.2) is 93.2 Å². The molecule has 3 aromatic rings. The number of nitrogens with one attached hydrogen (secondary N) is 3. The molecule has 4 N–H and O–H groups in total. The normalized spacial score (nSPS) is 22.4. The summed E-state index contributed by atoms with van der Waals surface area (Å²) in [5, 5.41) is 21.0. The number of methoxy groups -OCH3 is 1. The highest BCUT2D eigenvalue weighted by Gasteiger charge is 2.61. The second-order valence-corrected chi connectivity index (χ2v) is 15.1. The molecule has 3 fully saturated rings. The molecule has 0 radical (unpaired) electrons. The number of amides is 4. The number of benzene rings is 1. The minimum atomic E-state index is -1.54. The van der Waals surface area contributed by atoms with Crippen molar-refractivity contribution in [2.24, 2.45) is 5.92 Å². The van der Waals surface area contributed by atoms with Gasteiger partial charge in [-0.15, -0.1) is 17.9 Å². The van der Waals surface area contributed by atoms with Gasteiger partial charge in [-0.2, -0.15) is 0 Å². The molecule has 292 valence electrons. The number of pyridine rings is 1. The van der Waals surface area contributed by atoms with Crippen LogP contribution in [0.15, 0.2) is 48.4 Å². The van der Waals surface area contributed by atoms with Gasteiger partial charge in [0.2, 0.25) is 17.7 Å². The summed E-state index contributed by atoms with van der Waals surface area (Å²) in [6, 6.07) is 2.92. The van der Waals surface area contributed by atoms with Gasteiger partial charge >= 0.3 is 12.1 Å². The van der Waals surface area contributed by atoms with E-state index in [4.69, 9.17) is 19.2 Å². The third-order valence-electron chi connectivity index (χ3n) is 10.4. The summed E-state index contributed by atoms with van der Waals surface area (Å²) in [6.45, 7) is 12.8. The smallest absolute Gasteiger partial charge is 0.408 e. The number of rotatable bonds is 14. The maximum absolute atomic E-state index is 14.3. The minimum absolute atomic E-state index is 0.000353. The van der Waals surface area contributed by atoms with E-state index in [0.29, 0.717) is 50.9 Å². The first-order chi connectivity index (χ1) is 26.3. The molecule has 2 aliphatic carbocycles. The molecule has 2 saturated carbocycles. The molecule has 1 aromatic carbocycles. The Kier molecular flexibility index (Phi) is 11.5. The lowest BCUT2D eigenvalue weighted by molar-refractivity contribution is -0.145. The van der Waals surface area contributed by atoms with E-state index < -0.39 is 53.5 Å². The minimum Gasteiger partial charge on any atom is -0.496 e. The first-order valence-electron chi connectivity index (χ1n) is 18.3. The van der Waals surface area contributed by atoms with Gasteiger partial charge in [0.1, 0.15) is 47.0 Å². The van der Waals surface area contributed by atoms with Crippen LogP contribution in [0.2, 0.25) is 0 Å². The van der Waals surface area contributed by atoms with Crippen LogP contribution >= 0.6 is 11.3 Å². The number of aromatic nitrogens is 2. The third kappa shape index (κ3) is 8.14. The number of fused-ring (bicyclic) bond motifs is 1. The lowest BCUT2D eigenvalue weighted by Gasteiger charge is -2.29. The fourth-order valence-electron chi connectivity index (χ4n) is 7.23. The second kappa shape index (κ2) is 16.1. The van der Waals surface area contributed by atoms with Gasteiger partial charge < -0.3 is 40.2 Å². The van der Waals surface area contributed by atoms with Crippen molar-refractivity contribution in [3.05, 3.63) is 53.9 Å². The van der Waals surface area contributed by atoms with Crippen molar-refractivity contribution in [1.29, 1.82) is 0 Å². The molecule has 4 amide bonds. The van der Waals surface area contributed by atoms with Gasteiger partial charge in [0.25, 0.3) is 0 Å². The molecule has 15 nitrogen and oxygen atoms in total. The molecule has 3 heterocycles. The van der Waals surface area contributed by atoms with Crippen LogP contribution in [0.5, 0.6) is 11.5 Å². The number of carbonyl (C=O) groups excluding carboxylic acids is 4. The highest BCUT2D eigenvalue weighted by molar-refractivity contribution is 7.14. The highest BCUT2D eigenvalue weighted by Crippen LogP contribution is 2.45. The Labute approximate surface area is 322 Å². The van der Waals surface area contributed by atoms with Gasteiger partial charge in [0, 0.05) is 41.2 Å². The van der Waals surface area contributed by atoms with Crippen LogP contribution in [0, 0.1) is 12.8 Å². The number of likely N-dealkylation sites (tertiary alicyclic amines) is 1. The van der Waals surface area contributed by atoms with Crippen LogP contribution < -0.4 is 25.4 Å². The van der Waals surface area contributed by atoms with Gasteiger partial charge in [0.15, 0.2) is 5.13 Å². The van der Waals surface area contributed by atoms with E-state index in [9.17, 15) is 29.1 Å². The van der Waals surface area contributed by atoms with E-state index >= 15 is 0 Å². The standard InChI is InChI=1S/C39H46N6O9S/c1-7-22-17-39(22,36(49)50)44-34(47)28-15-24(18-45(28)35(48)32(20(3)4)43-38(51)54-23-11-9-10-12-23)53-30-16-26(27-19-55-37(41-27)42-31(46)8-2)40-33-21(5)29(52-6)14-13-25(30)33/h7,13-14,16,19,22-24,28,32H,1,3,8-12,15,17-18H2,2,4-6H3,(H,43,51)(H,44,47)(H,49,50)(H,41,42,46)/t22-,24-,28+,32+,39-/m1/s1. The quantitative estimate of drug-likeness (QED) is 0.158. The number of aryl methyl sites for hydroxylation is 1. The summed E-state index contributed by atoms with van der Waals surface area (Å²) in [7, 11) is 1.56. The number of hydrogen-bond acceptors (Lipinski definition) is 11. The Morgan fingerprint density at radius 3 is 2.51 bits per heavy atom. The molecular formula is C39H46N6O9S. The molecule has 3 aliphatic rings. The molecule has 1 aliphatic heterocycles. The maximum Gasteiger partial charge on any atom is 0.408 e. The predicted molar refractivity (Wildman–Crippen MR) is 205 cm³/mol. The van der Waals surface area contributed by atoms with Crippen LogP contribution in [0.4, 0.5) is 9.93 Å². The van der Waals surface area contributed by atoms with Crippen LogP contribution in [0.3, 0.4) is 0 Å². The van der Waals surface area contributed by atoms with Crippen molar-refractivity contribution in [2.45, 2.75) is 95.5 Å². The molecule has 2 aromatic heterocycles. The molecular weight excluding hydrogens is 729 g/mol. The van der Waals surface area contributed by atoms with Crippen LogP contribution in [0.25, 0.3) is 22.3 Å². The van der Waals surface area contributed by atoms with Crippen molar-refractivity contribution in [3.8, 4) is 22.9 Å². The summed E-state index contributed by atoms with van der Waals surface area (Å²) in [4.78, 5) is 76.5. The Hall–Kier alpha value is -5.51. The Bertz CT molecular complexity index is 2040. The van der Waals surface area contributed by atoms with Crippen LogP contribution in [-0.2, 0) is 23.9 Å². The van der Waals surface area contributed by atoms with Gasteiger partial charge in [-0.25, -0.2) is 19.6 Å². The second-order valence-electron chi connectivity index (χ2n) is 14.3. The SMILES string of the molecule is C=C[C@@H]1C[C@]1(NC(=O)[C@@H]1C[C@@H](Oc2cc(-c3csc(NC(=O)CC)n3)nc3c(C)c(OC)ccc23)CN1C(=O)[C@@H](NC(=O)OC1CCCC1)C(=C)C)C(=O)O. The monoisotopic (exact) mass is 774 g/mol. The summed E-state index contributed by atoms with van der Waals surface area (Å²) >= 11 is 1.25. The van der Waals surface area contributed by atoms with E-state index in [1.807, 2.05) is 6.92 Å². The van der Waals surface area contributed by atoms with E-state index in [-0.39, 0.29) is 31.4 Å². The summed E-state index contributed by atoms with van der Waals surface area (Å²) in [5.74, 6) is -2.17. The lowest BCUT2D eigenvalue weighted by Crippen LogP contribution is -2.56. The fourth-order valence-corrected chi connectivity index (χ4v) is 7.95. The number of aliphatic carboxylic acids is 1. The van der Waals surface area contributed by atoms with Crippen molar-refractivity contribution in [1.82, 2.24) is 25.5 Å². The van der Waals surface area contributed by atoms with Gasteiger partial charge in [-0.1, -0.05) is 19.6 Å². The largest absolute Gasteiger partial charge is 0.496 e. The van der Waals surface area contributed by atoms with E-state index in [1.165, 1.54) is 22.3 Å². The first-order valence-corrected chi connectivity index (χ1v) is 19.2. The maximum atomic E-state index is 14.3. The van der Waals surface area contributed by atoms with E-state index in [2.05, 4.69) is 34.1 Å². The highest BCUT2D eigenvalue weighted by atomic mass is 32.1. The Morgan fingerprint density at radius 1 is 1.13 bits per heavy atom. The number of carboxylic acid groups (broad SMARTS) is 1. The van der Waals surface area contributed by atoms with Gasteiger partial charge in [0.05, 0.1) is 24.9 Å². The zero-order chi connectivity index (χ0) is 39.6. The zero-order valence-electron chi connectivity index (χ0n) is 31.3. The number of thiazole rings is 1. The fraction of sp³-hybridized carbons (Fsp3) is 0.462. The molecule has 0 unspecified atom stereocenters. The van der Waals surface area contributed by atoms with Crippen LogP contribution in [0.1, 0.15) is 64.4 Å². The topological polar surface area (TPSA) is 198 Å². The van der Waals surface area contributed by atoms with Crippen molar-refractivity contribution >= 4 is 57.2 Å². The molecule has 0 spiro atoms. The number of nitrogens with zero attached hydrogens (tertiary/aromatic N) is 3. The van der Waals surface area contributed by atoms with Crippen molar-refractivity contribution < 1.29 is 43.3 Å². The number of carbonyl (C=O) groups is 5. The van der Waals surface area contributed by atoms with Gasteiger partial charge in [-0.3, -0.25) is 14.4 Å². The molecule has 6 rings (SSSR count). The number of alkyl carbamates (subject to hydrolysis) is 1. The number of ether oxygens (including phenoxy) is 3. The molecule has 1 saturated heterocycles. The number of hydrogen-bond donors (Lipinski definition) is 4. The van der Waals surface area contributed by atoms with E-state index in [1.54, 1.807) is 44.5 Å². The number of carboxylic acids is 1. The van der Waals surface area contributed by atoms with Gasteiger partial charge in [-0.05, 0) is 63.7 Å². The molecule has 0 bridgehead atoms. The molecule has 16 heteroatoms. The van der Waals surface area contributed by atoms with E-state index in [0.717, 1.165) is 31.2 Å². The summed E-state index contributed by atoms with van der Waals surface area (Å²) in [5.41, 5.74) is 1.03. The summed E-state index contributed by atoms with van der Waals surface area (Å²) < 4.78 is 17.8. The summed E-state index contributed by atoms with van der Waals surface area (Å²) in [6.07, 6.45) is 3.53. The Morgan fingerprint density at radius 2 is 1.87 bits per heavy atom. The first kappa shape index (κ1) is 39.2. The average molecular weight is 775 g/mol.